The fourth-order valence-corrected chi connectivity index (χ4v) is 3.38. The van der Waals surface area contributed by atoms with E-state index >= 15 is 0 Å². The van der Waals surface area contributed by atoms with Crippen molar-refractivity contribution in [3.05, 3.63) is 99.5 Å². The molecule has 0 radical (unpaired) electrons. The van der Waals surface area contributed by atoms with Gasteiger partial charge >= 0.3 is 0 Å². The number of nitrogens with zero attached hydrogens (tertiary/aromatic N) is 1. The Kier molecular flexibility index (Phi) is 6.73. The van der Waals surface area contributed by atoms with Gasteiger partial charge in [-0.2, -0.15) is 0 Å². The molecule has 1 N–H and O–H groups in total. The summed E-state index contributed by atoms with van der Waals surface area (Å²) in [5.41, 5.74) is 4.24. The lowest BCUT2D eigenvalue weighted by Gasteiger charge is -2.26. The third-order valence-corrected chi connectivity index (χ3v) is 5.08. The third kappa shape index (κ3) is 5.70. The van der Waals surface area contributed by atoms with Crippen LogP contribution in [0.1, 0.15) is 16.7 Å². The highest BCUT2D eigenvalue weighted by atomic mass is 35.5. The lowest BCUT2D eigenvalue weighted by molar-refractivity contribution is 0.413. The minimum Gasteiger partial charge on any atom is -0.340 e. The Morgan fingerprint density at radius 3 is 2.15 bits per heavy atom. The maximum absolute atomic E-state index is 6.36. The van der Waals surface area contributed by atoms with E-state index in [2.05, 4.69) is 22.3 Å². The third-order valence-electron chi connectivity index (χ3n) is 4.16. The molecule has 3 rings (SSSR count). The van der Waals surface area contributed by atoms with Crippen LogP contribution in [-0.2, 0) is 13.1 Å². The standard InChI is InChI=1S/C22H20Cl2N2S/c1-16-7-12-21(20(24)13-16)25-22(27)26(14-17-5-3-2-4-6-17)15-18-8-10-19(23)11-9-18/h2-13H,14-15H2,1H3,(H,25,27). The van der Waals surface area contributed by atoms with Crippen molar-refractivity contribution in [3.63, 3.8) is 0 Å². The zero-order valence-electron chi connectivity index (χ0n) is 15.0. The molecule has 0 fully saturated rings. The number of aryl methyl sites for hydroxylation is 1. The minimum absolute atomic E-state index is 0.625. The highest BCUT2D eigenvalue weighted by molar-refractivity contribution is 7.80. The summed E-state index contributed by atoms with van der Waals surface area (Å²) in [6.07, 6.45) is 0. The molecule has 3 aromatic carbocycles. The summed E-state index contributed by atoms with van der Waals surface area (Å²) in [4.78, 5) is 2.12. The molecule has 27 heavy (non-hydrogen) atoms. The van der Waals surface area contributed by atoms with Crippen molar-refractivity contribution in [2.24, 2.45) is 0 Å². The Bertz CT molecular complexity index is 911. The molecule has 2 nitrogen and oxygen atoms in total. The highest BCUT2D eigenvalue weighted by Gasteiger charge is 2.13. The van der Waals surface area contributed by atoms with E-state index in [1.54, 1.807) is 0 Å². The summed E-state index contributed by atoms with van der Waals surface area (Å²) in [7, 11) is 0. The van der Waals surface area contributed by atoms with Crippen molar-refractivity contribution in [3.8, 4) is 0 Å². The first-order valence-corrected chi connectivity index (χ1v) is 9.78. The smallest absolute Gasteiger partial charge is 0.174 e. The first kappa shape index (κ1) is 19.7. The molecule has 0 aliphatic rings. The number of anilines is 1. The van der Waals surface area contributed by atoms with Gasteiger partial charge in [0.1, 0.15) is 0 Å². The van der Waals surface area contributed by atoms with Gasteiger partial charge < -0.3 is 10.2 Å². The first-order valence-electron chi connectivity index (χ1n) is 8.62. The Balaban J connectivity index is 1.81. The molecule has 0 aliphatic heterocycles. The van der Waals surface area contributed by atoms with Crippen LogP contribution in [-0.4, -0.2) is 10.0 Å². The Hall–Kier alpha value is -2.07. The fraction of sp³-hybridized carbons (Fsp3) is 0.136. The normalized spacial score (nSPS) is 10.5. The molecule has 0 spiro atoms. The van der Waals surface area contributed by atoms with Crippen molar-refractivity contribution in [2.75, 3.05) is 5.32 Å². The van der Waals surface area contributed by atoms with E-state index in [1.807, 2.05) is 67.6 Å². The molecular weight excluding hydrogens is 395 g/mol. The van der Waals surface area contributed by atoms with E-state index in [0.717, 1.165) is 21.8 Å². The van der Waals surface area contributed by atoms with Crippen LogP contribution in [0.25, 0.3) is 0 Å². The molecule has 0 amide bonds. The zero-order valence-corrected chi connectivity index (χ0v) is 17.3. The van der Waals surface area contributed by atoms with Crippen LogP contribution < -0.4 is 5.32 Å². The van der Waals surface area contributed by atoms with Gasteiger partial charge in [-0.25, -0.2) is 0 Å². The molecule has 0 heterocycles. The van der Waals surface area contributed by atoms with E-state index in [-0.39, 0.29) is 0 Å². The Morgan fingerprint density at radius 1 is 0.889 bits per heavy atom. The second-order valence-electron chi connectivity index (χ2n) is 6.38. The number of nitrogens with one attached hydrogen (secondary N) is 1. The molecule has 138 valence electrons. The summed E-state index contributed by atoms with van der Waals surface area (Å²) in [6, 6.07) is 24.0. The predicted octanol–water partition coefficient (Wildman–Crippen LogP) is 6.70. The van der Waals surface area contributed by atoms with Crippen molar-refractivity contribution in [2.45, 2.75) is 20.0 Å². The number of benzene rings is 3. The summed E-state index contributed by atoms with van der Waals surface area (Å²) < 4.78 is 0. The van der Waals surface area contributed by atoms with Crippen LogP contribution in [0.3, 0.4) is 0 Å². The topological polar surface area (TPSA) is 15.3 Å². The summed E-state index contributed by atoms with van der Waals surface area (Å²) in [5, 5.41) is 5.29. The van der Waals surface area contributed by atoms with Gasteiger partial charge in [-0.1, -0.05) is 71.7 Å². The van der Waals surface area contributed by atoms with E-state index in [4.69, 9.17) is 35.4 Å². The number of hydrogen-bond acceptors (Lipinski definition) is 1. The molecule has 0 saturated heterocycles. The number of hydrogen-bond donors (Lipinski definition) is 1. The van der Waals surface area contributed by atoms with Gasteiger partial charge in [0, 0.05) is 18.1 Å². The average Bonchev–Trinajstić information content (AvgIpc) is 2.66. The van der Waals surface area contributed by atoms with E-state index < -0.39 is 0 Å². The van der Waals surface area contributed by atoms with Crippen molar-refractivity contribution >= 4 is 46.2 Å². The van der Waals surface area contributed by atoms with Gasteiger partial charge in [0.25, 0.3) is 0 Å². The van der Waals surface area contributed by atoms with Crippen LogP contribution in [0.5, 0.6) is 0 Å². The van der Waals surface area contributed by atoms with Crippen molar-refractivity contribution in [1.82, 2.24) is 4.90 Å². The second-order valence-corrected chi connectivity index (χ2v) is 7.61. The largest absolute Gasteiger partial charge is 0.340 e. The monoisotopic (exact) mass is 414 g/mol. The Morgan fingerprint density at radius 2 is 1.52 bits per heavy atom. The molecule has 0 saturated carbocycles. The van der Waals surface area contributed by atoms with Gasteiger partial charge in [-0.15, -0.1) is 0 Å². The van der Waals surface area contributed by atoms with Crippen LogP contribution in [0.4, 0.5) is 5.69 Å². The van der Waals surface area contributed by atoms with Crippen LogP contribution in [0.2, 0.25) is 10.0 Å². The average molecular weight is 415 g/mol. The molecule has 0 unspecified atom stereocenters. The number of thiocarbonyl (C=S) groups is 1. The van der Waals surface area contributed by atoms with Crippen molar-refractivity contribution in [1.29, 1.82) is 0 Å². The highest BCUT2D eigenvalue weighted by Crippen LogP contribution is 2.24. The van der Waals surface area contributed by atoms with E-state index in [1.165, 1.54) is 5.56 Å². The second kappa shape index (κ2) is 9.23. The summed E-state index contributed by atoms with van der Waals surface area (Å²) >= 11 is 18.1. The lowest BCUT2D eigenvalue weighted by Crippen LogP contribution is -2.33. The molecule has 0 bridgehead atoms. The van der Waals surface area contributed by atoms with Crippen LogP contribution >= 0.6 is 35.4 Å². The van der Waals surface area contributed by atoms with Crippen LogP contribution in [0, 0.1) is 6.92 Å². The number of rotatable bonds is 5. The van der Waals surface area contributed by atoms with Gasteiger partial charge in [0.05, 0.1) is 10.7 Å². The van der Waals surface area contributed by atoms with E-state index in [0.29, 0.717) is 23.2 Å². The molecule has 0 atom stereocenters. The van der Waals surface area contributed by atoms with Crippen molar-refractivity contribution < 1.29 is 0 Å². The molecular formula is C22H20Cl2N2S. The maximum Gasteiger partial charge on any atom is 0.174 e. The molecule has 5 heteroatoms. The maximum atomic E-state index is 6.36. The SMILES string of the molecule is Cc1ccc(NC(=S)N(Cc2ccccc2)Cc2ccc(Cl)cc2)c(Cl)c1. The molecule has 0 aliphatic carbocycles. The quantitative estimate of drug-likeness (QED) is 0.467. The lowest BCUT2D eigenvalue weighted by atomic mass is 10.2. The molecule has 0 aromatic heterocycles. The van der Waals surface area contributed by atoms with Crippen LogP contribution in [0.15, 0.2) is 72.8 Å². The molecule has 3 aromatic rings. The minimum atomic E-state index is 0.625. The Labute approximate surface area is 175 Å². The zero-order chi connectivity index (χ0) is 19.2. The van der Waals surface area contributed by atoms with E-state index in [9.17, 15) is 0 Å². The summed E-state index contributed by atoms with van der Waals surface area (Å²) in [5.74, 6) is 0. The van der Waals surface area contributed by atoms with Gasteiger partial charge in [0.2, 0.25) is 0 Å². The van der Waals surface area contributed by atoms with Gasteiger partial charge in [-0.3, -0.25) is 0 Å². The summed E-state index contributed by atoms with van der Waals surface area (Å²) in [6.45, 7) is 3.37. The van der Waals surface area contributed by atoms with Gasteiger partial charge in [0.15, 0.2) is 5.11 Å². The number of halogens is 2. The predicted molar refractivity (Wildman–Crippen MR) is 120 cm³/mol. The van der Waals surface area contributed by atoms with Gasteiger partial charge in [-0.05, 0) is 60.1 Å². The fourth-order valence-electron chi connectivity index (χ4n) is 2.73. The first-order chi connectivity index (χ1) is 13.0.